The van der Waals surface area contributed by atoms with Crippen molar-refractivity contribution in [3.05, 3.63) is 34.7 Å². The Kier molecular flexibility index (Phi) is 3.56. The fourth-order valence-corrected chi connectivity index (χ4v) is 3.29. The highest BCUT2D eigenvalue weighted by molar-refractivity contribution is 7.17. The summed E-state index contributed by atoms with van der Waals surface area (Å²) in [4.78, 5) is 0. The van der Waals surface area contributed by atoms with E-state index in [1.165, 1.54) is 37.1 Å². The van der Waals surface area contributed by atoms with Crippen molar-refractivity contribution in [3.8, 4) is 0 Å². The fraction of sp³-hybridized carbons (Fsp3) is 0.429. The topological polar surface area (TPSA) is 36.4 Å². The maximum Gasteiger partial charge on any atom is 0.0441 e. The lowest BCUT2D eigenvalue weighted by atomic mass is 9.97. The number of hydrogen-bond acceptors (Lipinski definition) is 0. The molecule has 1 heterocycles. The van der Waals surface area contributed by atoms with Gasteiger partial charge in [0.2, 0.25) is 0 Å². The maximum absolute atomic E-state index is 2.98. The van der Waals surface area contributed by atoms with Crippen LogP contribution in [0.3, 0.4) is 0 Å². The van der Waals surface area contributed by atoms with Crippen molar-refractivity contribution in [2.24, 2.45) is 7.05 Å². The average Bonchev–Trinajstić information content (AvgIpc) is 2.47. The molecule has 2 N–H and O–H groups in total. The third-order valence-electron chi connectivity index (χ3n) is 3.72. The molecule has 1 aromatic rings. The van der Waals surface area contributed by atoms with E-state index in [-0.39, 0.29) is 5.48 Å². The molecule has 0 bridgehead atoms. The molecule has 2 nitrogen and oxygen atoms in total. The van der Waals surface area contributed by atoms with Crippen LogP contribution < -0.4 is 0 Å². The number of allylic oxidation sites excluding steroid dienone is 2. The lowest BCUT2D eigenvalue weighted by molar-refractivity contribution is 0.824. The van der Waals surface area contributed by atoms with E-state index in [0.717, 1.165) is 0 Å². The van der Waals surface area contributed by atoms with E-state index < -0.39 is 0 Å². The zero-order valence-electron chi connectivity index (χ0n) is 10.2. The van der Waals surface area contributed by atoms with Gasteiger partial charge >= 0.3 is 0 Å². The van der Waals surface area contributed by atoms with E-state index in [4.69, 9.17) is 0 Å². The Morgan fingerprint density at radius 1 is 1.18 bits per heavy atom. The second kappa shape index (κ2) is 4.80. The summed E-state index contributed by atoms with van der Waals surface area (Å²) >= 11 is 0. The van der Waals surface area contributed by atoms with Gasteiger partial charge in [-0.25, -0.2) is 0 Å². The van der Waals surface area contributed by atoms with Gasteiger partial charge in [0.15, 0.2) is 0 Å². The van der Waals surface area contributed by atoms with Crippen LogP contribution in [-0.4, -0.2) is 15.7 Å². The van der Waals surface area contributed by atoms with Crippen LogP contribution >= 0.6 is 9.24 Å². The predicted molar refractivity (Wildman–Crippen MR) is 77.2 cm³/mol. The van der Waals surface area contributed by atoms with Crippen LogP contribution in [0.4, 0.5) is 0 Å². The third-order valence-corrected chi connectivity index (χ3v) is 4.23. The first kappa shape index (κ1) is 12.6. The zero-order chi connectivity index (χ0) is 11.1. The summed E-state index contributed by atoms with van der Waals surface area (Å²) in [5, 5.41) is 0. The van der Waals surface area contributed by atoms with Gasteiger partial charge in [0.05, 0.1) is 0 Å². The molecule has 2 aliphatic rings. The van der Waals surface area contributed by atoms with Crippen LogP contribution in [0.5, 0.6) is 0 Å². The molecule has 17 heavy (non-hydrogen) atoms. The van der Waals surface area contributed by atoms with Gasteiger partial charge in [-0.3, -0.25) is 0 Å². The molecule has 0 saturated heterocycles. The third kappa shape index (κ3) is 2.00. The minimum absolute atomic E-state index is 0. The first-order chi connectivity index (χ1) is 7.77. The fourth-order valence-electron chi connectivity index (χ4n) is 2.90. The monoisotopic (exact) mass is 249 g/mol. The van der Waals surface area contributed by atoms with Gasteiger partial charge in [-0.1, -0.05) is 12.2 Å². The van der Waals surface area contributed by atoms with Crippen molar-refractivity contribution >= 4 is 21.4 Å². The summed E-state index contributed by atoms with van der Waals surface area (Å²) < 4.78 is 2.36. The smallest absolute Gasteiger partial charge is 0.0441 e. The van der Waals surface area contributed by atoms with Crippen molar-refractivity contribution in [1.82, 2.24) is 4.57 Å². The Labute approximate surface area is 105 Å². The van der Waals surface area contributed by atoms with Gasteiger partial charge in [0, 0.05) is 18.4 Å². The SMILES string of the molecule is Cn1c2c(c3c1C=CCC(P)C3)CCC=C2.O. The van der Waals surface area contributed by atoms with Crippen LogP contribution in [0.15, 0.2) is 12.2 Å². The average molecular weight is 249 g/mol. The van der Waals surface area contributed by atoms with Gasteiger partial charge in [0.25, 0.3) is 0 Å². The summed E-state index contributed by atoms with van der Waals surface area (Å²) in [7, 11) is 5.18. The maximum atomic E-state index is 2.98. The van der Waals surface area contributed by atoms with E-state index >= 15 is 0 Å². The van der Waals surface area contributed by atoms with Gasteiger partial charge in [-0.15, -0.1) is 9.24 Å². The number of rotatable bonds is 0. The van der Waals surface area contributed by atoms with E-state index in [0.29, 0.717) is 5.66 Å². The highest BCUT2D eigenvalue weighted by Gasteiger charge is 2.21. The molecular weight excluding hydrogens is 229 g/mol. The molecule has 2 atom stereocenters. The standard InChI is InChI=1S/C14H18NP.H2O/c1-15-13-7-3-2-6-11(13)12-9-10(16)5-4-8-14(12)15;/h3-4,7-8,10H,2,5-6,9,16H2,1H3;1H2. The van der Waals surface area contributed by atoms with Crippen LogP contribution in [0.25, 0.3) is 12.2 Å². The molecule has 3 heteroatoms. The van der Waals surface area contributed by atoms with Crippen molar-refractivity contribution < 1.29 is 5.48 Å². The van der Waals surface area contributed by atoms with Crippen LogP contribution in [0, 0.1) is 0 Å². The lowest BCUT2D eigenvalue weighted by Crippen LogP contribution is -2.03. The molecule has 2 aliphatic carbocycles. The van der Waals surface area contributed by atoms with Gasteiger partial charge in [-0.05, 0) is 54.6 Å². The normalized spacial score (nSPS) is 21.4. The number of hydrogen-bond donors (Lipinski definition) is 0. The molecule has 0 fully saturated rings. The van der Waals surface area contributed by atoms with Gasteiger partial charge < -0.3 is 10.0 Å². The molecule has 0 radical (unpaired) electrons. The minimum Gasteiger partial charge on any atom is -0.412 e. The van der Waals surface area contributed by atoms with Crippen LogP contribution in [-0.2, 0) is 19.9 Å². The second-order valence-electron chi connectivity index (χ2n) is 4.83. The van der Waals surface area contributed by atoms with Crippen molar-refractivity contribution in [2.75, 3.05) is 0 Å². The minimum atomic E-state index is 0. The molecule has 0 spiro atoms. The largest absolute Gasteiger partial charge is 0.412 e. The summed E-state index contributed by atoms with van der Waals surface area (Å²) in [6.45, 7) is 0. The summed E-state index contributed by atoms with van der Waals surface area (Å²) in [6.07, 6.45) is 14.0. The summed E-state index contributed by atoms with van der Waals surface area (Å²) in [5.41, 5.74) is 6.76. The quantitative estimate of drug-likeness (QED) is 0.633. The summed E-state index contributed by atoms with van der Waals surface area (Å²) in [6, 6.07) is 0. The Morgan fingerprint density at radius 3 is 2.71 bits per heavy atom. The molecule has 0 aliphatic heterocycles. The number of nitrogens with zero attached hydrogens (tertiary/aromatic N) is 1. The van der Waals surface area contributed by atoms with E-state index in [1.54, 1.807) is 11.1 Å². The molecule has 0 amide bonds. The highest BCUT2D eigenvalue weighted by Crippen LogP contribution is 2.33. The molecule has 2 unspecified atom stereocenters. The van der Waals surface area contributed by atoms with Crippen LogP contribution in [0.1, 0.15) is 35.4 Å². The van der Waals surface area contributed by atoms with Crippen molar-refractivity contribution in [2.45, 2.75) is 31.3 Å². The first-order valence-corrected chi connectivity index (χ1v) is 6.73. The Morgan fingerprint density at radius 2 is 1.88 bits per heavy atom. The molecular formula is C14H20NOP. The van der Waals surface area contributed by atoms with Crippen molar-refractivity contribution in [3.63, 3.8) is 0 Å². The second-order valence-corrected chi connectivity index (χ2v) is 5.77. The lowest BCUT2D eigenvalue weighted by Gasteiger charge is -2.11. The first-order valence-electron chi connectivity index (χ1n) is 6.06. The molecule has 92 valence electrons. The molecule has 1 aromatic heterocycles. The molecule has 0 saturated carbocycles. The number of aromatic nitrogens is 1. The zero-order valence-corrected chi connectivity index (χ0v) is 11.4. The van der Waals surface area contributed by atoms with E-state index in [9.17, 15) is 0 Å². The molecule has 3 rings (SSSR count). The predicted octanol–water partition coefficient (Wildman–Crippen LogP) is 2.36. The Balaban J connectivity index is 0.00000108. The van der Waals surface area contributed by atoms with E-state index in [2.05, 4.69) is 45.2 Å². The van der Waals surface area contributed by atoms with Crippen molar-refractivity contribution in [1.29, 1.82) is 0 Å². The van der Waals surface area contributed by atoms with E-state index in [1.807, 2.05) is 0 Å². The summed E-state index contributed by atoms with van der Waals surface area (Å²) in [5.74, 6) is 0. The number of fused-ring (bicyclic) bond motifs is 3. The highest BCUT2D eigenvalue weighted by atomic mass is 31.0. The van der Waals surface area contributed by atoms with Gasteiger partial charge in [0.1, 0.15) is 0 Å². The van der Waals surface area contributed by atoms with Crippen LogP contribution in [0.2, 0.25) is 0 Å². The molecule has 0 aromatic carbocycles. The van der Waals surface area contributed by atoms with Gasteiger partial charge in [-0.2, -0.15) is 0 Å². The Bertz CT molecular complexity index is 485. The Hall–Kier alpha value is -0.850.